The van der Waals surface area contributed by atoms with Gasteiger partial charge in [-0.25, -0.2) is 14.4 Å². The molecule has 7 aliphatic rings. The van der Waals surface area contributed by atoms with Gasteiger partial charge in [0.1, 0.15) is 47.0 Å². The monoisotopic (exact) mass is 908 g/mol. The van der Waals surface area contributed by atoms with Crippen molar-refractivity contribution in [1.82, 2.24) is 0 Å². The number of aliphatic hydroxyl groups excluding tert-OH is 2. The molecular weight excluding hydrogens is 849 g/mol. The highest BCUT2D eigenvalue weighted by Gasteiger charge is 2.91. The van der Waals surface area contributed by atoms with E-state index in [2.05, 4.69) is 13.5 Å². The summed E-state index contributed by atoms with van der Waals surface area (Å²) in [5, 5.41) is 38.7. The van der Waals surface area contributed by atoms with Crippen molar-refractivity contribution in [1.29, 1.82) is 0 Å². The van der Waals surface area contributed by atoms with Crippen LogP contribution in [0.25, 0.3) is 0 Å². The summed E-state index contributed by atoms with van der Waals surface area (Å²) in [7, 11) is 1.54. The predicted octanol–water partition coefficient (Wildman–Crippen LogP) is 6.20. The van der Waals surface area contributed by atoms with Crippen LogP contribution in [0.5, 0.6) is 5.75 Å². The number of benzene rings is 3. The first-order chi connectivity index (χ1) is 31.7. The van der Waals surface area contributed by atoms with E-state index in [9.17, 15) is 29.7 Å². The lowest BCUT2D eigenvalue weighted by Crippen LogP contribution is -2.75. The van der Waals surface area contributed by atoms with E-state index in [1.54, 1.807) is 84.9 Å². The number of ether oxygens (including phenoxy) is 8. The Morgan fingerprint density at radius 2 is 1.41 bits per heavy atom. The van der Waals surface area contributed by atoms with Gasteiger partial charge in [0.05, 0.1) is 42.6 Å². The number of hydrogen-bond acceptors (Lipinski definition) is 14. The number of carbonyl (C=O) groups is 3. The lowest BCUT2D eigenvalue weighted by atomic mass is 9.51. The third kappa shape index (κ3) is 6.57. The first-order valence-corrected chi connectivity index (χ1v) is 23.5. The molecule has 14 nitrogen and oxygen atoms in total. The molecule has 66 heavy (non-hydrogen) atoms. The number of aliphatic hydroxyl groups is 3. The zero-order valence-corrected chi connectivity index (χ0v) is 37.8. The highest BCUT2D eigenvalue weighted by molar-refractivity contribution is 5.90. The Hall–Kier alpha value is -4.67. The first-order valence-electron chi connectivity index (χ1n) is 23.5. The van der Waals surface area contributed by atoms with E-state index < -0.39 is 113 Å². The second-order valence-electron chi connectivity index (χ2n) is 19.9. The maximum absolute atomic E-state index is 14.3. The summed E-state index contributed by atoms with van der Waals surface area (Å²) in [6.07, 6.45) is -2.14. The molecule has 3 aliphatic carbocycles. The molecule has 4 aliphatic heterocycles. The van der Waals surface area contributed by atoms with Gasteiger partial charge in [0, 0.05) is 17.8 Å². The van der Waals surface area contributed by atoms with Crippen LogP contribution in [0, 0.1) is 35.5 Å². The van der Waals surface area contributed by atoms with Gasteiger partial charge in [0.25, 0.3) is 0 Å². The normalized spacial score (nSPS) is 41.7. The fraction of sp³-hybridized carbons (Fsp3) is 0.558. The molecule has 3 saturated carbocycles. The van der Waals surface area contributed by atoms with E-state index in [0.717, 1.165) is 25.7 Å². The zero-order chi connectivity index (χ0) is 46.4. The molecule has 0 aromatic heterocycles. The van der Waals surface area contributed by atoms with Crippen LogP contribution < -0.4 is 4.74 Å². The molecule has 3 aromatic rings. The molecule has 10 rings (SSSR count). The van der Waals surface area contributed by atoms with E-state index in [1.165, 1.54) is 7.11 Å². The fourth-order valence-corrected chi connectivity index (χ4v) is 13.4. The number of epoxide rings is 1. The minimum absolute atomic E-state index is 0.109. The Morgan fingerprint density at radius 3 is 2.05 bits per heavy atom. The number of rotatable bonds is 10. The lowest BCUT2D eigenvalue weighted by molar-refractivity contribution is -0.458. The van der Waals surface area contributed by atoms with Crippen LogP contribution >= 0.6 is 0 Å². The summed E-state index contributed by atoms with van der Waals surface area (Å²) in [4.78, 5) is 42.5. The Balaban J connectivity index is 1.19. The van der Waals surface area contributed by atoms with Crippen LogP contribution in [0.15, 0.2) is 97.1 Å². The Bertz CT molecular complexity index is 2340. The molecule has 3 bridgehead atoms. The SMILES string of the molecule is C=C(C)[C@]12C[C@@H](COC(=O)c3ccccc3)[C@@]34OC5(O[C@@H]1[C@@H]3[C@@H]1O[C@]1(CO)[C@@H](O)[C@@]1(O)[C@H]4[C@H]([C@H](C)[C@@H]1OC(=O)c1ccccc1)[C@H](C)CCCCCC[C@H]5OC(=O)c1ccc(OC)cc1)O2. The van der Waals surface area contributed by atoms with Gasteiger partial charge in [-0.3, -0.25) is 0 Å². The molecule has 4 saturated heterocycles. The summed E-state index contributed by atoms with van der Waals surface area (Å²) in [6, 6.07) is 23.6. The molecule has 4 heterocycles. The van der Waals surface area contributed by atoms with Gasteiger partial charge >= 0.3 is 23.9 Å². The third-order valence-electron chi connectivity index (χ3n) is 16.5. The van der Waals surface area contributed by atoms with Crippen LogP contribution in [-0.4, -0.2) is 112 Å². The van der Waals surface area contributed by atoms with Crippen LogP contribution in [0.2, 0.25) is 0 Å². The Morgan fingerprint density at radius 1 is 0.788 bits per heavy atom. The maximum Gasteiger partial charge on any atom is 0.338 e. The summed E-state index contributed by atoms with van der Waals surface area (Å²) in [5.74, 6) is -7.61. The summed E-state index contributed by atoms with van der Waals surface area (Å²) < 4.78 is 53.5. The second kappa shape index (κ2) is 16.5. The van der Waals surface area contributed by atoms with Crippen molar-refractivity contribution in [2.24, 2.45) is 35.5 Å². The van der Waals surface area contributed by atoms with Crippen molar-refractivity contribution in [2.45, 2.75) is 125 Å². The van der Waals surface area contributed by atoms with E-state index in [0.29, 0.717) is 23.3 Å². The van der Waals surface area contributed by atoms with Crippen LogP contribution in [0.4, 0.5) is 0 Å². The van der Waals surface area contributed by atoms with Crippen molar-refractivity contribution in [2.75, 3.05) is 20.3 Å². The quantitative estimate of drug-likeness (QED) is 0.0903. The van der Waals surface area contributed by atoms with Crippen molar-refractivity contribution in [3.63, 3.8) is 0 Å². The topological polar surface area (TPSA) is 189 Å². The summed E-state index contributed by atoms with van der Waals surface area (Å²) in [6.45, 7) is 9.39. The second-order valence-corrected chi connectivity index (χ2v) is 19.9. The maximum atomic E-state index is 14.3. The smallest absolute Gasteiger partial charge is 0.338 e. The molecule has 2 spiro atoms. The Labute approximate surface area is 384 Å². The first kappa shape index (κ1) is 45.1. The minimum atomic E-state index is -2.35. The van der Waals surface area contributed by atoms with Crippen LogP contribution in [0.3, 0.4) is 0 Å². The van der Waals surface area contributed by atoms with Crippen LogP contribution in [-0.2, 0) is 33.2 Å². The summed E-state index contributed by atoms with van der Waals surface area (Å²) in [5.41, 5.74) is -5.79. The van der Waals surface area contributed by atoms with Crippen molar-refractivity contribution >= 4 is 17.9 Å². The molecule has 14 heteroatoms. The standard InChI is InChI=1S/C52H60O14/c1-29(2)48-26-35(27-60-44(54)32-17-11-8-12-18-32)51-39-42(48)64-52(65-48,66-51)37(61-45(55)34-22-24-36(59-5)25-23-34)21-15-7-6-10-16-30(3)38-31(4)41(62-46(56)33-19-13-9-14-20-33)50(58,40(38)51)47(57)49(28-53)43(39)63-49/h8-9,11-14,17-20,22-25,30-31,35,37-43,47,53,57-58H,1,6-7,10,15-16,21,26-28H2,2-5H3/t30-,31+,35+,37-,38+,39-,40-,41+,42-,43+,47-,48-,49+,50-,51-,52?/m1/s1. The molecule has 1 unspecified atom stereocenters. The zero-order valence-electron chi connectivity index (χ0n) is 37.8. The fourth-order valence-electron chi connectivity index (χ4n) is 13.4. The number of carbonyl (C=O) groups excluding carboxylic acids is 3. The molecule has 352 valence electrons. The van der Waals surface area contributed by atoms with Crippen molar-refractivity contribution in [3.8, 4) is 5.75 Å². The van der Waals surface area contributed by atoms with Gasteiger partial charge in [-0.05, 0) is 98.0 Å². The van der Waals surface area contributed by atoms with Gasteiger partial charge in [-0.15, -0.1) is 0 Å². The molecule has 7 fully saturated rings. The van der Waals surface area contributed by atoms with E-state index >= 15 is 0 Å². The van der Waals surface area contributed by atoms with Crippen molar-refractivity contribution in [3.05, 3.63) is 114 Å². The van der Waals surface area contributed by atoms with Gasteiger partial charge in [-0.2, -0.15) is 0 Å². The predicted molar refractivity (Wildman–Crippen MR) is 235 cm³/mol. The Kier molecular flexibility index (Phi) is 11.3. The number of esters is 3. The number of hydrogen-bond donors (Lipinski definition) is 3. The average molecular weight is 909 g/mol. The minimum Gasteiger partial charge on any atom is -0.497 e. The number of methoxy groups -OCH3 is 1. The molecule has 3 aromatic carbocycles. The van der Waals surface area contributed by atoms with Gasteiger partial charge in [0.15, 0.2) is 6.10 Å². The molecule has 0 radical (unpaired) electrons. The van der Waals surface area contributed by atoms with Gasteiger partial charge in [0.2, 0.25) is 0 Å². The van der Waals surface area contributed by atoms with E-state index in [1.807, 2.05) is 13.8 Å². The highest BCUT2D eigenvalue weighted by Crippen LogP contribution is 2.76. The molecular formula is C52H60O14. The van der Waals surface area contributed by atoms with Crippen molar-refractivity contribution < 1.29 is 67.6 Å². The van der Waals surface area contributed by atoms with E-state index in [4.69, 9.17) is 37.9 Å². The lowest BCUT2D eigenvalue weighted by Gasteiger charge is -2.62. The average Bonchev–Trinajstić information content (AvgIpc) is 3.97. The third-order valence-corrected chi connectivity index (χ3v) is 16.5. The van der Waals surface area contributed by atoms with Gasteiger partial charge in [-0.1, -0.05) is 82.5 Å². The highest BCUT2D eigenvalue weighted by atomic mass is 16.9. The molecule has 0 amide bonds. The molecule has 16 atom stereocenters. The molecule has 3 N–H and O–H groups in total. The van der Waals surface area contributed by atoms with Gasteiger partial charge < -0.3 is 53.2 Å². The van der Waals surface area contributed by atoms with E-state index in [-0.39, 0.29) is 36.5 Å². The van der Waals surface area contributed by atoms with Crippen LogP contribution in [0.1, 0.15) is 96.8 Å². The largest absolute Gasteiger partial charge is 0.497 e. The summed E-state index contributed by atoms with van der Waals surface area (Å²) >= 11 is 0. The number of fused-ring (bicyclic) bond motifs is 1.